The predicted molar refractivity (Wildman–Crippen MR) is 86.8 cm³/mol. The standard InChI is InChI=1S/C18H28N2O/c1-3-10-18(2)11-7-12-20(14-18)17(21)13-16(19)15-8-5-4-6-9-15/h4-6,8-9,16H,3,7,10-14,19H2,1-2H3. The second kappa shape index (κ2) is 7.08. The number of benzene rings is 1. The van der Waals surface area contributed by atoms with E-state index in [0.717, 1.165) is 25.1 Å². The maximum absolute atomic E-state index is 12.5. The highest BCUT2D eigenvalue weighted by atomic mass is 16.2. The minimum atomic E-state index is -0.196. The minimum absolute atomic E-state index is 0.196. The third-order valence-corrected chi connectivity index (χ3v) is 4.61. The van der Waals surface area contributed by atoms with E-state index in [1.165, 1.54) is 19.3 Å². The van der Waals surface area contributed by atoms with Crippen LogP contribution in [-0.2, 0) is 4.79 Å². The zero-order valence-electron chi connectivity index (χ0n) is 13.3. The van der Waals surface area contributed by atoms with Crippen LogP contribution in [0.3, 0.4) is 0 Å². The summed E-state index contributed by atoms with van der Waals surface area (Å²) in [5, 5.41) is 0. The van der Waals surface area contributed by atoms with Gasteiger partial charge in [0.2, 0.25) is 5.91 Å². The van der Waals surface area contributed by atoms with Gasteiger partial charge in [-0.1, -0.05) is 50.6 Å². The van der Waals surface area contributed by atoms with Gasteiger partial charge in [-0.05, 0) is 30.2 Å². The van der Waals surface area contributed by atoms with Gasteiger partial charge in [-0.3, -0.25) is 4.79 Å². The van der Waals surface area contributed by atoms with Crippen molar-refractivity contribution in [3.8, 4) is 0 Å². The Morgan fingerprint density at radius 2 is 2.10 bits per heavy atom. The first-order chi connectivity index (χ1) is 10.0. The smallest absolute Gasteiger partial charge is 0.224 e. The zero-order chi connectivity index (χ0) is 15.3. The van der Waals surface area contributed by atoms with Crippen LogP contribution >= 0.6 is 0 Å². The maximum atomic E-state index is 12.5. The van der Waals surface area contributed by atoms with Crippen molar-refractivity contribution in [2.45, 2.75) is 52.0 Å². The van der Waals surface area contributed by atoms with Crippen LogP contribution in [-0.4, -0.2) is 23.9 Å². The fourth-order valence-electron chi connectivity index (χ4n) is 3.47. The van der Waals surface area contributed by atoms with E-state index in [2.05, 4.69) is 13.8 Å². The van der Waals surface area contributed by atoms with Crippen LogP contribution in [0.15, 0.2) is 30.3 Å². The Balaban J connectivity index is 1.94. The largest absolute Gasteiger partial charge is 0.342 e. The average Bonchev–Trinajstić information content (AvgIpc) is 2.48. The van der Waals surface area contributed by atoms with Crippen molar-refractivity contribution in [1.82, 2.24) is 4.90 Å². The van der Waals surface area contributed by atoms with Crippen molar-refractivity contribution in [3.63, 3.8) is 0 Å². The predicted octanol–water partition coefficient (Wildman–Crippen LogP) is 3.51. The second-order valence-electron chi connectivity index (χ2n) is 6.70. The van der Waals surface area contributed by atoms with Gasteiger partial charge >= 0.3 is 0 Å². The van der Waals surface area contributed by atoms with Crippen molar-refractivity contribution >= 4 is 5.91 Å². The van der Waals surface area contributed by atoms with Gasteiger partial charge in [0.1, 0.15) is 0 Å². The summed E-state index contributed by atoms with van der Waals surface area (Å²) < 4.78 is 0. The first-order valence-corrected chi connectivity index (χ1v) is 8.12. The Morgan fingerprint density at radius 1 is 1.38 bits per heavy atom. The van der Waals surface area contributed by atoms with Gasteiger partial charge in [0, 0.05) is 25.6 Å². The number of nitrogens with two attached hydrogens (primary N) is 1. The van der Waals surface area contributed by atoms with Crippen LogP contribution in [0.2, 0.25) is 0 Å². The molecule has 1 amide bonds. The molecular weight excluding hydrogens is 260 g/mol. The lowest BCUT2D eigenvalue weighted by Gasteiger charge is -2.41. The number of carbonyl (C=O) groups is 1. The number of amides is 1. The third kappa shape index (κ3) is 4.31. The Labute approximate surface area is 128 Å². The van der Waals surface area contributed by atoms with Crippen molar-refractivity contribution in [2.24, 2.45) is 11.1 Å². The van der Waals surface area contributed by atoms with Crippen molar-refractivity contribution in [1.29, 1.82) is 0 Å². The lowest BCUT2D eigenvalue weighted by atomic mass is 9.78. The summed E-state index contributed by atoms with van der Waals surface area (Å²) in [6, 6.07) is 9.71. The maximum Gasteiger partial charge on any atom is 0.224 e. The highest BCUT2D eigenvalue weighted by Gasteiger charge is 2.32. The fraction of sp³-hybridized carbons (Fsp3) is 0.611. The molecule has 3 nitrogen and oxygen atoms in total. The number of piperidine rings is 1. The molecule has 1 heterocycles. The molecule has 0 aliphatic carbocycles. The normalized spacial score (nSPS) is 23.9. The molecule has 0 radical (unpaired) electrons. The molecule has 1 aromatic rings. The van der Waals surface area contributed by atoms with Crippen molar-refractivity contribution in [2.75, 3.05) is 13.1 Å². The van der Waals surface area contributed by atoms with E-state index in [4.69, 9.17) is 5.73 Å². The molecule has 21 heavy (non-hydrogen) atoms. The average molecular weight is 288 g/mol. The SMILES string of the molecule is CCCC1(C)CCCN(C(=O)CC(N)c2ccccc2)C1. The summed E-state index contributed by atoms with van der Waals surface area (Å²) in [5.74, 6) is 0.202. The molecule has 0 bridgehead atoms. The van der Waals surface area contributed by atoms with Crippen molar-refractivity contribution < 1.29 is 4.79 Å². The van der Waals surface area contributed by atoms with Gasteiger partial charge in [0.15, 0.2) is 0 Å². The first-order valence-electron chi connectivity index (χ1n) is 8.12. The number of nitrogens with zero attached hydrogens (tertiary/aromatic N) is 1. The molecule has 2 unspecified atom stereocenters. The Bertz CT molecular complexity index is 456. The van der Waals surface area contributed by atoms with Crippen LogP contribution < -0.4 is 5.73 Å². The topological polar surface area (TPSA) is 46.3 Å². The third-order valence-electron chi connectivity index (χ3n) is 4.61. The summed E-state index contributed by atoms with van der Waals surface area (Å²) in [5.41, 5.74) is 7.51. The Hall–Kier alpha value is -1.35. The summed E-state index contributed by atoms with van der Waals surface area (Å²) in [4.78, 5) is 14.5. The zero-order valence-corrected chi connectivity index (χ0v) is 13.3. The molecule has 1 saturated heterocycles. The molecule has 116 valence electrons. The second-order valence-corrected chi connectivity index (χ2v) is 6.70. The molecule has 2 atom stereocenters. The molecule has 1 aliphatic rings. The van der Waals surface area contributed by atoms with Gasteiger partial charge in [-0.2, -0.15) is 0 Å². The quantitative estimate of drug-likeness (QED) is 0.901. The van der Waals surface area contributed by atoms with Crippen LogP contribution in [0.25, 0.3) is 0 Å². The van der Waals surface area contributed by atoms with Crippen LogP contribution in [0, 0.1) is 5.41 Å². The summed E-state index contributed by atoms with van der Waals surface area (Å²) >= 11 is 0. The summed E-state index contributed by atoms with van der Waals surface area (Å²) in [6.07, 6.45) is 5.13. The lowest BCUT2D eigenvalue weighted by Crippen LogP contribution is -2.45. The van der Waals surface area contributed by atoms with E-state index in [0.29, 0.717) is 11.8 Å². The van der Waals surface area contributed by atoms with Crippen LogP contribution in [0.1, 0.15) is 57.6 Å². The summed E-state index contributed by atoms with van der Waals surface area (Å²) in [6.45, 7) is 6.31. The van der Waals surface area contributed by atoms with Crippen LogP contribution in [0.4, 0.5) is 0 Å². The monoisotopic (exact) mass is 288 g/mol. The van der Waals surface area contributed by atoms with Crippen LogP contribution in [0.5, 0.6) is 0 Å². The fourth-order valence-corrected chi connectivity index (χ4v) is 3.47. The van der Waals surface area contributed by atoms with E-state index in [-0.39, 0.29) is 11.9 Å². The number of carbonyl (C=O) groups excluding carboxylic acids is 1. The first kappa shape index (κ1) is 16.0. The Morgan fingerprint density at radius 3 is 2.76 bits per heavy atom. The van der Waals surface area contributed by atoms with E-state index < -0.39 is 0 Å². The van der Waals surface area contributed by atoms with Gasteiger partial charge < -0.3 is 10.6 Å². The molecule has 0 spiro atoms. The molecule has 1 fully saturated rings. The van der Waals surface area contributed by atoms with Gasteiger partial charge in [-0.15, -0.1) is 0 Å². The molecular formula is C18H28N2O. The highest BCUT2D eigenvalue weighted by molar-refractivity contribution is 5.77. The molecule has 0 saturated carbocycles. The molecule has 1 aromatic carbocycles. The van der Waals surface area contributed by atoms with Crippen molar-refractivity contribution in [3.05, 3.63) is 35.9 Å². The Kier molecular flexibility index (Phi) is 5.40. The van der Waals surface area contributed by atoms with E-state index in [9.17, 15) is 4.79 Å². The molecule has 1 aliphatic heterocycles. The van der Waals surface area contributed by atoms with Gasteiger partial charge in [0.25, 0.3) is 0 Å². The molecule has 0 aromatic heterocycles. The number of likely N-dealkylation sites (tertiary alicyclic amines) is 1. The van der Waals surface area contributed by atoms with Gasteiger partial charge in [0.05, 0.1) is 0 Å². The lowest BCUT2D eigenvalue weighted by molar-refractivity contribution is -0.135. The van der Waals surface area contributed by atoms with E-state index in [1.54, 1.807) is 0 Å². The minimum Gasteiger partial charge on any atom is -0.342 e. The number of hydrogen-bond donors (Lipinski definition) is 1. The van der Waals surface area contributed by atoms with Gasteiger partial charge in [-0.25, -0.2) is 0 Å². The molecule has 2 N–H and O–H groups in total. The van der Waals surface area contributed by atoms with E-state index >= 15 is 0 Å². The summed E-state index contributed by atoms with van der Waals surface area (Å²) in [7, 11) is 0. The van der Waals surface area contributed by atoms with E-state index in [1.807, 2.05) is 35.2 Å². The molecule has 2 rings (SSSR count). The molecule has 3 heteroatoms. The number of rotatable bonds is 5. The number of hydrogen-bond acceptors (Lipinski definition) is 2. The highest BCUT2D eigenvalue weighted by Crippen LogP contribution is 2.34.